The van der Waals surface area contributed by atoms with Crippen LogP contribution in [-0.4, -0.2) is 23.8 Å². The molecular weight excluding hydrogens is 322 g/mol. The van der Waals surface area contributed by atoms with Crippen molar-refractivity contribution in [3.63, 3.8) is 0 Å². The molecule has 3 heteroatoms. The first-order chi connectivity index (χ1) is 12.2. The Bertz CT molecular complexity index is 625. The number of benzene rings is 1. The minimum absolute atomic E-state index is 0.213. The fourth-order valence-corrected chi connectivity index (χ4v) is 2.12. The smallest absolute Gasteiger partial charge is 0.306 e. The van der Waals surface area contributed by atoms with Gasteiger partial charge in [-0.1, -0.05) is 71.5 Å². The summed E-state index contributed by atoms with van der Waals surface area (Å²) in [4.78, 5) is 14.5. The number of aryl methyl sites for hydroxylation is 1. The molecule has 1 aromatic rings. The average molecular weight is 360 g/mol. The average Bonchev–Trinajstić information content (AvgIpc) is 2.61. The van der Waals surface area contributed by atoms with E-state index in [9.17, 15) is 4.79 Å². The van der Waals surface area contributed by atoms with Crippen LogP contribution in [0.15, 0.2) is 47.5 Å². The zero-order chi connectivity index (χ0) is 20.9. The van der Waals surface area contributed by atoms with Crippen molar-refractivity contribution >= 4 is 17.3 Å². The van der Waals surface area contributed by atoms with E-state index < -0.39 is 5.97 Å². The highest BCUT2D eigenvalue weighted by Gasteiger charge is 2.13. The molecule has 146 valence electrons. The summed E-state index contributed by atoms with van der Waals surface area (Å²) >= 11 is 0. The monoisotopic (exact) mass is 359 g/mol. The number of carbonyl (C=O) groups is 1. The van der Waals surface area contributed by atoms with Crippen LogP contribution in [0.2, 0.25) is 0 Å². The van der Waals surface area contributed by atoms with E-state index in [0.29, 0.717) is 0 Å². The van der Waals surface area contributed by atoms with Crippen LogP contribution in [0.25, 0.3) is 5.57 Å². The largest absolute Gasteiger partial charge is 0.481 e. The Balaban J connectivity index is 0. The highest BCUT2D eigenvalue weighted by atomic mass is 16.4. The maximum Gasteiger partial charge on any atom is 0.306 e. The molecule has 1 N–H and O–H groups in total. The number of aliphatic imine (C=N–C) groups is 1. The van der Waals surface area contributed by atoms with Gasteiger partial charge in [-0.25, -0.2) is 0 Å². The highest BCUT2D eigenvalue weighted by Crippen LogP contribution is 2.22. The van der Waals surface area contributed by atoms with Crippen LogP contribution >= 0.6 is 0 Å². The first-order valence-corrected chi connectivity index (χ1v) is 9.25. The van der Waals surface area contributed by atoms with Gasteiger partial charge in [-0.05, 0) is 43.4 Å². The second-order valence-electron chi connectivity index (χ2n) is 6.24. The van der Waals surface area contributed by atoms with Gasteiger partial charge in [-0.15, -0.1) is 0 Å². The van der Waals surface area contributed by atoms with E-state index in [1.165, 1.54) is 11.1 Å². The molecule has 0 saturated carbocycles. The second kappa shape index (κ2) is 14.1. The van der Waals surface area contributed by atoms with Gasteiger partial charge in [0.15, 0.2) is 0 Å². The van der Waals surface area contributed by atoms with E-state index in [2.05, 4.69) is 48.8 Å². The van der Waals surface area contributed by atoms with Crippen LogP contribution in [0.3, 0.4) is 0 Å². The first-order valence-electron chi connectivity index (χ1n) is 9.25. The molecule has 1 atom stereocenters. The molecule has 0 bridgehead atoms. The Hall–Kier alpha value is -2.16. The van der Waals surface area contributed by atoms with Gasteiger partial charge in [-0.2, -0.15) is 0 Å². The van der Waals surface area contributed by atoms with E-state index in [1.807, 2.05) is 48.6 Å². The van der Waals surface area contributed by atoms with Crippen molar-refractivity contribution in [3.05, 3.63) is 53.6 Å². The van der Waals surface area contributed by atoms with Gasteiger partial charge >= 0.3 is 5.97 Å². The van der Waals surface area contributed by atoms with E-state index in [1.54, 1.807) is 6.92 Å². The van der Waals surface area contributed by atoms with E-state index in [-0.39, 0.29) is 11.8 Å². The quantitative estimate of drug-likeness (QED) is 0.615. The Morgan fingerprint density at radius 3 is 1.96 bits per heavy atom. The molecule has 26 heavy (non-hydrogen) atoms. The van der Waals surface area contributed by atoms with Gasteiger partial charge in [-0.3, -0.25) is 9.79 Å². The summed E-state index contributed by atoms with van der Waals surface area (Å²) in [6, 6.07) is 8.34. The number of allylic oxidation sites excluding steroid dienone is 3. The number of carboxylic acids is 1. The summed E-state index contributed by atoms with van der Waals surface area (Å²) in [6.07, 6.45) is 2.10. The molecule has 1 unspecified atom stereocenters. The Morgan fingerprint density at radius 1 is 1.19 bits per heavy atom. The number of rotatable bonds is 5. The fourth-order valence-electron chi connectivity index (χ4n) is 2.12. The zero-order valence-corrected chi connectivity index (χ0v) is 18.1. The van der Waals surface area contributed by atoms with Crippen LogP contribution in [-0.2, 0) is 4.79 Å². The lowest BCUT2D eigenvalue weighted by Crippen LogP contribution is -2.15. The van der Waals surface area contributed by atoms with Crippen molar-refractivity contribution in [1.82, 2.24) is 0 Å². The third kappa shape index (κ3) is 8.80. The molecule has 0 aliphatic carbocycles. The molecule has 0 radical (unpaired) electrons. The number of hydrogen-bond acceptors (Lipinski definition) is 2. The van der Waals surface area contributed by atoms with E-state index in [4.69, 9.17) is 5.11 Å². The molecule has 0 amide bonds. The lowest BCUT2D eigenvalue weighted by Gasteiger charge is -2.12. The van der Waals surface area contributed by atoms with E-state index in [0.717, 1.165) is 16.9 Å². The standard InChI is InChI=1S/C15H19N.C6H12O2.C2H6/c1-6-13(15(16-5)11(2)3)14-10-8-7-9-12(14)4;1-4(2)5(3)6(7)8;1-2/h6-10H,2H2,1,3-5H3;4-5H,1-3H3,(H,7,8);1-2H3/b13-6-,16-15?;;. The molecule has 0 aliphatic heterocycles. The molecule has 3 nitrogen and oxygen atoms in total. The van der Waals surface area contributed by atoms with Crippen molar-refractivity contribution in [2.75, 3.05) is 7.05 Å². The van der Waals surface area contributed by atoms with Gasteiger partial charge in [0.25, 0.3) is 0 Å². The SMILES string of the molecule is C=C(C)C(=NC)/C(=C\C)c1ccccc1C.CC.CC(C)C(C)C(=O)O. The number of carboxylic acid groups (broad SMARTS) is 1. The Kier molecular flexibility index (Phi) is 14.1. The van der Waals surface area contributed by atoms with Crippen LogP contribution in [0.5, 0.6) is 0 Å². The van der Waals surface area contributed by atoms with Crippen LogP contribution < -0.4 is 0 Å². The van der Waals surface area contributed by atoms with Crippen molar-refractivity contribution in [2.24, 2.45) is 16.8 Å². The lowest BCUT2D eigenvalue weighted by atomic mass is 9.94. The molecule has 1 rings (SSSR count). The predicted octanol–water partition coefficient (Wildman–Crippen LogP) is 6.43. The maximum atomic E-state index is 10.1. The van der Waals surface area contributed by atoms with Crippen molar-refractivity contribution < 1.29 is 9.90 Å². The molecule has 0 fully saturated rings. The van der Waals surface area contributed by atoms with Gasteiger partial charge in [0.05, 0.1) is 11.6 Å². The predicted molar refractivity (Wildman–Crippen MR) is 116 cm³/mol. The van der Waals surface area contributed by atoms with E-state index >= 15 is 0 Å². The maximum absolute atomic E-state index is 10.1. The Labute approximate surface area is 160 Å². The second-order valence-corrected chi connectivity index (χ2v) is 6.24. The molecule has 0 spiro atoms. The van der Waals surface area contributed by atoms with Gasteiger partial charge in [0.1, 0.15) is 0 Å². The van der Waals surface area contributed by atoms with Gasteiger partial charge in [0, 0.05) is 12.6 Å². The summed E-state index contributed by atoms with van der Waals surface area (Å²) in [5.74, 6) is -0.678. The molecule has 0 saturated heterocycles. The zero-order valence-electron chi connectivity index (χ0n) is 18.1. The molecule has 0 heterocycles. The molecule has 1 aromatic carbocycles. The van der Waals surface area contributed by atoms with Crippen LogP contribution in [0.1, 0.15) is 59.6 Å². The fraction of sp³-hybridized carbons (Fsp3) is 0.478. The number of hydrogen-bond donors (Lipinski definition) is 1. The van der Waals surface area contributed by atoms with Crippen molar-refractivity contribution in [2.45, 2.75) is 55.4 Å². The van der Waals surface area contributed by atoms with Gasteiger partial charge < -0.3 is 5.11 Å². The topological polar surface area (TPSA) is 49.7 Å². The van der Waals surface area contributed by atoms with Gasteiger partial charge in [0.2, 0.25) is 0 Å². The molecular formula is C23H37NO2. The molecule has 0 aromatic heterocycles. The third-order valence-corrected chi connectivity index (χ3v) is 4.00. The summed E-state index contributed by atoms with van der Waals surface area (Å²) < 4.78 is 0. The normalized spacial score (nSPS) is 12.4. The lowest BCUT2D eigenvalue weighted by molar-refractivity contribution is -0.142. The summed E-state index contributed by atoms with van der Waals surface area (Å²) in [5.41, 5.74) is 5.63. The number of nitrogens with zero attached hydrogens (tertiary/aromatic N) is 1. The minimum atomic E-state index is -0.708. The first kappa shape index (κ1) is 26.1. The Morgan fingerprint density at radius 2 is 1.69 bits per heavy atom. The summed E-state index contributed by atoms with van der Waals surface area (Å²) in [7, 11) is 1.81. The molecule has 0 aliphatic rings. The minimum Gasteiger partial charge on any atom is -0.481 e. The van der Waals surface area contributed by atoms with Crippen LogP contribution in [0, 0.1) is 18.8 Å². The highest BCUT2D eigenvalue weighted by molar-refractivity contribution is 6.31. The summed E-state index contributed by atoms with van der Waals surface area (Å²) in [5, 5.41) is 8.35. The van der Waals surface area contributed by atoms with Crippen molar-refractivity contribution in [1.29, 1.82) is 0 Å². The van der Waals surface area contributed by atoms with Crippen LogP contribution in [0.4, 0.5) is 0 Å². The number of aliphatic carboxylic acids is 1. The summed E-state index contributed by atoms with van der Waals surface area (Å²) in [6.45, 7) is 19.6. The van der Waals surface area contributed by atoms with Crippen molar-refractivity contribution in [3.8, 4) is 0 Å². The third-order valence-electron chi connectivity index (χ3n) is 4.00.